The fraction of sp³-hybridized carbons (Fsp3) is 0.950. The van der Waals surface area contributed by atoms with Gasteiger partial charge in [0.1, 0.15) is 6.61 Å². The van der Waals surface area contributed by atoms with Crippen LogP contribution >= 0.6 is 11.8 Å². The van der Waals surface area contributed by atoms with Gasteiger partial charge in [-0.25, -0.2) is 0 Å². The van der Waals surface area contributed by atoms with Crippen LogP contribution in [0.5, 0.6) is 0 Å². The van der Waals surface area contributed by atoms with Gasteiger partial charge in [0.05, 0.1) is 0 Å². The Morgan fingerprint density at radius 2 is 1.00 bits per heavy atom. The van der Waals surface area contributed by atoms with Crippen molar-refractivity contribution in [2.75, 3.05) is 12.4 Å². The van der Waals surface area contributed by atoms with Gasteiger partial charge in [0.2, 0.25) is 5.12 Å². The molecule has 3 heteroatoms. The van der Waals surface area contributed by atoms with Gasteiger partial charge in [-0.2, -0.15) is 0 Å². The van der Waals surface area contributed by atoms with Gasteiger partial charge in [0.15, 0.2) is 0 Å². The van der Waals surface area contributed by atoms with Crippen LogP contribution in [0.2, 0.25) is 0 Å². The number of unbranched alkanes of at least 4 members (excludes halogenated alkanes) is 15. The molecule has 0 rings (SSSR count). The molecule has 0 saturated carbocycles. The molecule has 0 unspecified atom stereocenters. The molecule has 0 aliphatic heterocycles. The van der Waals surface area contributed by atoms with Crippen molar-refractivity contribution in [3.8, 4) is 0 Å². The minimum Gasteiger partial charge on any atom is -0.388 e. The van der Waals surface area contributed by atoms with E-state index in [1.54, 1.807) is 0 Å². The molecule has 0 atom stereocenters. The molecular formula is C20H40O2S. The Kier molecular flexibility index (Phi) is 20.0. The van der Waals surface area contributed by atoms with Gasteiger partial charge >= 0.3 is 0 Å². The molecule has 0 aliphatic carbocycles. The van der Waals surface area contributed by atoms with E-state index in [1.165, 1.54) is 108 Å². The minimum atomic E-state index is -0.316. The summed E-state index contributed by atoms with van der Waals surface area (Å²) in [5.74, 6) is 0.873. The predicted molar refractivity (Wildman–Crippen MR) is 104 cm³/mol. The van der Waals surface area contributed by atoms with Crippen LogP contribution in [0.3, 0.4) is 0 Å². The second kappa shape index (κ2) is 20.0. The van der Waals surface area contributed by atoms with Crippen LogP contribution in [0.15, 0.2) is 0 Å². The Labute approximate surface area is 149 Å². The first-order valence-electron chi connectivity index (χ1n) is 10.1. The number of carbonyl (C=O) groups excluding carboxylic acids is 1. The highest BCUT2D eigenvalue weighted by atomic mass is 32.2. The molecule has 23 heavy (non-hydrogen) atoms. The lowest BCUT2D eigenvalue weighted by Crippen LogP contribution is -1.98. The first-order valence-corrected chi connectivity index (χ1v) is 11.1. The molecule has 0 fully saturated rings. The lowest BCUT2D eigenvalue weighted by molar-refractivity contribution is -0.113. The molecule has 0 aromatic rings. The van der Waals surface area contributed by atoms with Crippen molar-refractivity contribution in [3.63, 3.8) is 0 Å². The van der Waals surface area contributed by atoms with Gasteiger partial charge < -0.3 is 5.11 Å². The Morgan fingerprint density at radius 1 is 0.652 bits per heavy atom. The van der Waals surface area contributed by atoms with Gasteiger partial charge in [0, 0.05) is 5.75 Å². The molecular weight excluding hydrogens is 304 g/mol. The number of aliphatic hydroxyl groups excluding tert-OH is 1. The molecule has 1 N–H and O–H groups in total. The van der Waals surface area contributed by atoms with Crippen LogP contribution < -0.4 is 0 Å². The van der Waals surface area contributed by atoms with Gasteiger partial charge in [0.25, 0.3) is 0 Å². The van der Waals surface area contributed by atoms with E-state index in [1.807, 2.05) is 0 Å². The van der Waals surface area contributed by atoms with E-state index in [4.69, 9.17) is 5.11 Å². The summed E-state index contributed by atoms with van der Waals surface area (Å²) in [5.41, 5.74) is 0. The van der Waals surface area contributed by atoms with E-state index in [0.29, 0.717) is 0 Å². The van der Waals surface area contributed by atoms with Crippen LogP contribution in [0.1, 0.15) is 110 Å². The maximum atomic E-state index is 10.9. The third-order valence-corrected chi connectivity index (χ3v) is 5.33. The quantitative estimate of drug-likeness (QED) is 0.288. The minimum absolute atomic E-state index is 0.0917. The van der Waals surface area contributed by atoms with Gasteiger partial charge in [-0.1, -0.05) is 115 Å². The second-order valence-corrected chi connectivity index (χ2v) is 7.83. The summed E-state index contributed by atoms with van der Waals surface area (Å²) in [6.07, 6.45) is 22.0. The molecule has 0 aliphatic rings. The summed E-state index contributed by atoms with van der Waals surface area (Å²) in [6.45, 7) is 1.96. The molecule has 0 amide bonds. The summed E-state index contributed by atoms with van der Waals surface area (Å²) in [5, 5.41) is 8.51. The maximum Gasteiger partial charge on any atom is 0.214 e. The average molecular weight is 345 g/mol. The van der Waals surface area contributed by atoms with Crippen molar-refractivity contribution in [2.45, 2.75) is 110 Å². The lowest BCUT2D eigenvalue weighted by Gasteiger charge is -2.03. The smallest absolute Gasteiger partial charge is 0.214 e. The van der Waals surface area contributed by atoms with Crippen LogP contribution in [-0.2, 0) is 4.79 Å². The number of rotatable bonds is 18. The molecule has 0 radical (unpaired) electrons. The van der Waals surface area contributed by atoms with Crippen molar-refractivity contribution in [1.82, 2.24) is 0 Å². The first kappa shape index (κ1) is 23.0. The topological polar surface area (TPSA) is 37.3 Å². The Bertz CT molecular complexity index is 244. The third-order valence-electron chi connectivity index (χ3n) is 4.39. The standard InChI is InChI=1S/C20H40O2S/c1-2-3-4-5-6-7-8-9-10-11-12-13-14-15-16-17-18-23-20(22)19-21/h21H,2-19H2,1H3. The number of hydrogen-bond acceptors (Lipinski definition) is 3. The van der Waals surface area contributed by atoms with E-state index < -0.39 is 0 Å². The van der Waals surface area contributed by atoms with Crippen LogP contribution in [0, 0.1) is 0 Å². The highest BCUT2D eigenvalue weighted by molar-refractivity contribution is 8.13. The van der Waals surface area contributed by atoms with Crippen LogP contribution in [0.4, 0.5) is 0 Å². The highest BCUT2D eigenvalue weighted by Crippen LogP contribution is 2.14. The van der Waals surface area contributed by atoms with Gasteiger partial charge in [-0.05, 0) is 6.42 Å². The Balaban J connectivity index is 2.99. The second-order valence-electron chi connectivity index (χ2n) is 6.68. The highest BCUT2D eigenvalue weighted by Gasteiger charge is 1.99. The van der Waals surface area contributed by atoms with E-state index in [9.17, 15) is 4.79 Å². The number of carbonyl (C=O) groups is 1. The van der Waals surface area contributed by atoms with Crippen molar-refractivity contribution in [1.29, 1.82) is 0 Å². The number of thioether (sulfide) groups is 1. The average Bonchev–Trinajstić information content (AvgIpc) is 2.57. The molecule has 2 nitrogen and oxygen atoms in total. The summed E-state index contributed by atoms with van der Waals surface area (Å²) < 4.78 is 0. The van der Waals surface area contributed by atoms with Crippen molar-refractivity contribution >= 4 is 16.9 Å². The monoisotopic (exact) mass is 344 g/mol. The van der Waals surface area contributed by atoms with Crippen molar-refractivity contribution in [2.24, 2.45) is 0 Å². The van der Waals surface area contributed by atoms with Gasteiger partial charge in [-0.3, -0.25) is 4.79 Å². The molecule has 0 spiro atoms. The zero-order valence-corrected chi connectivity index (χ0v) is 16.3. The van der Waals surface area contributed by atoms with E-state index in [2.05, 4.69) is 6.92 Å². The predicted octanol–water partition coefficient (Wildman–Crippen LogP) is 6.50. The molecule has 138 valence electrons. The van der Waals surface area contributed by atoms with Crippen molar-refractivity contribution < 1.29 is 9.90 Å². The Hall–Kier alpha value is -0.0200. The fourth-order valence-electron chi connectivity index (χ4n) is 2.88. The van der Waals surface area contributed by atoms with E-state index in [-0.39, 0.29) is 11.7 Å². The molecule has 0 aromatic heterocycles. The van der Waals surface area contributed by atoms with Crippen molar-refractivity contribution in [3.05, 3.63) is 0 Å². The summed E-state index contributed by atoms with van der Waals surface area (Å²) in [6, 6.07) is 0. The van der Waals surface area contributed by atoms with Gasteiger partial charge in [-0.15, -0.1) is 0 Å². The third kappa shape index (κ3) is 19.9. The van der Waals surface area contributed by atoms with E-state index >= 15 is 0 Å². The SMILES string of the molecule is CCCCCCCCCCCCCCCCCCSC(=O)CO. The lowest BCUT2D eigenvalue weighted by atomic mass is 10.0. The van der Waals surface area contributed by atoms with Crippen LogP contribution in [0.25, 0.3) is 0 Å². The molecule has 0 heterocycles. The summed E-state index contributed by atoms with van der Waals surface area (Å²) in [4.78, 5) is 10.9. The zero-order chi connectivity index (χ0) is 17.0. The number of hydrogen-bond donors (Lipinski definition) is 1. The molecule has 0 saturated heterocycles. The van der Waals surface area contributed by atoms with E-state index in [0.717, 1.165) is 12.2 Å². The zero-order valence-electron chi connectivity index (χ0n) is 15.5. The largest absolute Gasteiger partial charge is 0.388 e. The fourth-order valence-corrected chi connectivity index (χ4v) is 3.55. The Morgan fingerprint density at radius 3 is 1.35 bits per heavy atom. The number of aliphatic hydroxyl groups is 1. The molecule has 0 bridgehead atoms. The van der Waals surface area contributed by atoms with Crippen LogP contribution in [-0.4, -0.2) is 22.6 Å². The normalized spacial score (nSPS) is 11.0. The summed E-state index contributed by atoms with van der Waals surface area (Å²) in [7, 11) is 0. The summed E-state index contributed by atoms with van der Waals surface area (Å²) >= 11 is 1.27. The molecule has 0 aromatic carbocycles. The maximum absolute atomic E-state index is 10.9. The first-order chi connectivity index (χ1) is 11.3.